The fourth-order valence-corrected chi connectivity index (χ4v) is 4.02. The summed E-state index contributed by atoms with van der Waals surface area (Å²) in [5.74, 6) is 2.47. The van der Waals surface area contributed by atoms with Crippen LogP contribution in [0.5, 0.6) is 11.5 Å². The molecule has 0 atom stereocenters. The van der Waals surface area contributed by atoms with E-state index in [-0.39, 0.29) is 24.0 Å². The minimum atomic E-state index is 0. The number of fused-ring (bicyclic) bond motifs is 2. The summed E-state index contributed by atoms with van der Waals surface area (Å²) in [6, 6.07) is 8.30. The first kappa shape index (κ1) is 23.2. The Kier molecular flexibility index (Phi) is 7.64. The molecule has 3 aromatic rings. The van der Waals surface area contributed by atoms with Crippen molar-refractivity contribution in [2.75, 3.05) is 34.4 Å². The number of hydrogen-bond donors (Lipinski definition) is 1. The first-order valence-electron chi connectivity index (χ1n) is 10.3. The third-order valence-electron chi connectivity index (χ3n) is 5.62. The quantitative estimate of drug-likeness (QED) is 0.308. The summed E-state index contributed by atoms with van der Waals surface area (Å²) in [6.45, 7) is 4.58. The van der Waals surface area contributed by atoms with Gasteiger partial charge in [-0.3, -0.25) is 4.99 Å². The lowest BCUT2D eigenvalue weighted by molar-refractivity contribution is 0.346. The van der Waals surface area contributed by atoms with Crippen molar-refractivity contribution >= 4 is 35.6 Å². The molecule has 0 saturated carbocycles. The molecule has 0 bridgehead atoms. The number of aromatic nitrogens is 2. The summed E-state index contributed by atoms with van der Waals surface area (Å²) in [5, 5.41) is 3.50. The Hall–Kier alpha value is -2.49. The smallest absolute Gasteiger partial charge is 0.193 e. The third-order valence-corrected chi connectivity index (χ3v) is 5.62. The number of ether oxygens (including phenoxy) is 2. The molecule has 0 spiro atoms. The summed E-state index contributed by atoms with van der Waals surface area (Å²) < 4.78 is 13.0. The molecule has 8 heteroatoms. The minimum absolute atomic E-state index is 0. The standard InChI is InChI=1S/C23H29N5O2.HI/c1-16-6-5-10-27-15-19(26-22(16)27)7-9-25-23(24-2)28-11-8-17-12-20(29-3)21(30-4)13-18(17)14-28;/h5-6,10,12-13,15H,7-9,11,14H2,1-4H3,(H,24,25);1H. The molecule has 0 fully saturated rings. The molecule has 1 aromatic carbocycles. The van der Waals surface area contributed by atoms with Crippen LogP contribution in [0.4, 0.5) is 0 Å². The van der Waals surface area contributed by atoms with Crippen molar-refractivity contribution in [3.05, 3.63) is 59.0 Å². The number of imidazole rings is 1. The van der Waals surface area contributed by atoms with Crippen molar-refractivity contribution in [1.82, 2.24) is 19.6 Å². The van der Waals surface area contributed by atoms with E-state index in [9.17, 15) is 0 Å². The Bertz CT molecular complexity index is 1080. The van der Waals surface area contributed by atoms with E-state index in [4.69, 9.17) is 14.5 Å². The van der Waals surface area contributed by atoms with Gasteiger partial charge in [-0.1, -0.05) is 6.07 Å². The predicted octanol–water partition coefficient (Wildman–Crippen LogP) is 3.45. The zero-order valence-corrected chi connectivity index (χ0v) is 20.8. The number of methoxy groups -OCH3 is 2. The maximum Gasteiger partial charge on any atom is 0.193 e. The zero-order chi connectivity index (χ0) is 21.1. The van der Waals surface area contributed by atoms with Crippen LogP contribution in [0.1, 0.15) is 22.4 Å². The fraction of sp³-hybridized carbons (Fsp3) is 0.391. The summed E-state index contributed by atoms with van der Waals surface area (Å²) in [5.41, 5.74) is 5.84. The molecule has 3 heterocycles. The van der Waals surface area contributed by atoms with Gasteiger partial charge in [0, 0.05) is 45.5 Å². The fourth-order valence-electron chi connectivity index (χ4n) is 4.02. The van der Waals surface area contributed by atoms with Crippen molar-refractivity contribution < 1.29 is 9.47 Å². The van der Waals surface area contributed by atoms with E-state index in [2.05, 4.69) is 50.9 Å². The molecule has 1 aliphatic rings. The van der Waals surface area contributed by atoms with E-state index >= 15 is 0 Å². The first-order chi connectivity index (χ1) is 14.6. The Morgan fingerprint density at radius 1 is 1.19 bits per heavy atom. The molecule has 166 valence electrons. The average molecular weight is 535 g/mol. The summed E-state index contributed by atoms with van der Waals surface area (Å²) in [6.07, 6.45) is 5.93. The molecule has 4 rings (SSSR count). The zero-order valence-electron chi connectivity index (χ0n) is 18.5. The number of guanidine groups is 1. The predicted molar refractivity (Wildman–Crippen MR) is 134 cm³/mol. The molecule has 1 aliphatic heterocycles. The Morgan fingerprint density at radius 2 is 1.94 bits per heavy atom. The highest BCUT2D eigenvalue weighted by molar-refractivity contribution is 14.0. The highest BCUT2D eigenvalue weighted by atomic mass is 127. The van der Waals surface area contributed by atoms with Crippen LogP contribution >= 0.6 is 24.0 Å². The van der Waals surface area contributed by atoms with Gasteiger partial charge < -0.3 is 24.1 Å². The number of nitrogens with zero attached hydrogens (tertiary/aromatic N) is 4. The van der Waals surface area contributed by atoms with Crippen LogP contribution in [0.25, 0.3) is 5.65 Å². The van der Waals surface area contributed by atoms with E-state index in [0.717, 1.165) is 61.3 Å². The van der Waals surface area contributed by atoms with E-state index in [1.54, 1.807) is 14.2 Å². The van der Waals surface area contributed by atoms with Crippen LogP contribution in [-0.2, 0) is 19.4 Å². The molecular weight excluding hydrogens is 505 g/mol. The van der Waals surface area contributed by atoms with Crippen LogP contribution in [0.2, 0.25) is 0 Å². The van der Waals surface area contributed by atoms with Gasteiger partial charge in [-0.15, -0.1) is 24.0 Å². The van der Waals surface area contributed by atoms with E-state index < -0.39 is 0 Å². The topological polar surface area (TPSA) is 63.4 Å². The highest BCUT2D eigenvalue weighted by Crippen LogP contribution is 2.33. The van der Waals surface area contributed by atoms with Crippen molar-refractivity contribution in [2.45, 2.75) is 26.3 Å². The van der Waals surface area contributed by atoms with Gasteiger partial charge in [-0.05, 0) is 48.2 Å². The van der Waals surface area contributed by atoms with Gasteiger partial charge >= 0.3 is 0 Å². The van der Waals surface area contributed by atoms with Crippen LogP contribution in [0, 0.1) is 6.92 Å². The maximum atomic E-state index is 5.47. The van der Waals surface area contributed by atoms with Crippen LogP contribution < -0.4 is 14.8 Å². The van der Waals surface area contributed by atoms with Gasteiger partial charge in [-0.2, -0.15) is 0 Å². The number of halogens is 1. The number of aryl methyl sites for hydroxylation is 1. The van der Waals surface area contributed by atoms with Crippen molar-refractivity contribution in [2.24, 2.45) is 4.99 Å². The normalized spacial score (nSPS) is 13.5. The second-order valence-electron chi connectivity index (χ2n) is 7.53. The van der Waals surface area contributed by atoms with Gasteiger partial charge in [0.2, 0.25) is 0 Å². The van der Waals surface area contributed by atoms with Gasteiger partial charge in [0.15, 0.2) is 17.5 Å². The Labute approximate surface area is 200 Å². The third kappa shape index (κ3) is 4.89. The molecule has 0 aliphatic carbocycles. The van der Waals surface area contributed by atoms with Gasteiger partial charge in [0.25, 0.3) is 0 Å². The highest BCUT2D eigenvalue weighted by Gasteiger charge is 2.21. The summed E-state index contributed by atoms with van der Waals surface area (Å²) in [7, 11) is 5.18. The molecule has 31 heavy (non-hydrogen) atoms. The summed E-state index contributed by atoms with van der Waals surface area (Å²) >= 11 is 0. The lowest BCUT2D eigenvalue weighted by Crippen LogP contribution is -2.44. The molecular formula is C23H30IN5O2. The van der Waals surface area contributed by atoms with Crippen molar-refractivity contribution in [3.8, 4) is 11.5 Å². The lowest BCUT2D eigenvalue weighted by atomic mass is 9.99. The molecule has 0 unspecified atom stereocenters. The summed E-state index contributed by atoms with van der Waals surface area (Å²) in [4.78, 5) is 11.5. The minimum Gasteiger partial charge on any atom is -0.493 e. The average Bonchev–Trinajstić information content (AvgIpc) is 3.19. The number of aliphatic imine (C=N–C) groups is 1. The number of nitrogens with one attached hydrogen (secondary N) is 1. The molecule has 2 aromatic heterocycles. The monoisotopic (exact) mass is 535 g/mol. The van der Waals surface area contributed by atoms with Crippen molar-refractivity contribution in [3.63, 3.8) is 0 Å². The molecule has 7 nitrogen and oxygen atoms in total. The molecule has 0 amide bonds. The molecule has 1 N–H and O–H groups in total. The van der Waals surface area contributed by atoms with Gasteiger partial charge in [0.1, 0.15) is 5.65 Å². The van der Waals surface area contributed by atoms with Gasteiger partial charge in [-0.25, -0.2) is 4.98 Å². The number of pyridine rings is 1. The van der Waals surface area contributed by atoms with E-state index in [1.165, 1.54) is 16.7 Å². The molecule has 0 saturated heterocycles. The van der Waals surface area contributed by atoms with Gasteiger partial charge in [0.05, 0.1) is 19.9 Å². The Morgan fingerprint density at radius 3 is 2.61 bits per heavy atom. The van der Waals surface area contributed by atoms with E-state index in [0.29, 0.717) is 0 Å². The lowest BCUT2D eigenvalue weighted by Gasteiger charge is -2.32. The van der Waals surface area contributed by atoms with Crippen LogP contribution in [0.3, 0.4) is 0 Å². The molecule has 0 radical (unpaired) electrons. The first-order valence-corrected chi connectivity index (χ1v) is 10.3. The second kappa shape index (κ2) is 10.2. The van der Waals surface area contributed by atoms with Crippen LogP contribution in [0.15, 0.2) is 41.7 Å². The second-order valence-corrected chi connectivity index (χ2v) is 7.53. The number of hydrogen-bond acceptors (Lipinski definition) is 4. The maximum absolute atomic E-state index is 5.47. The largest absolute Gasteiger partial charge is 0.493 e. The SMILES string of the molecule is CN=C(NCCc1cn2cccc(C)c2n1)N1CCc2cc(OC)c(OC)cc2C1.I. The number of benzene rings is 1. The van der Waals surface area contributed by atoms with E-state index in [1.807, 2.05) is 19.3 Å². The Balaban J connectivity index is 0.00000272. The number of rotatable bonds is 5. The van der Waals surface area contributed by atoms with Crippen LogP contribution in [-0.4, -0.2) is 54.6 Å². The van der Waals surface area contributed by atoms with Crippen molar-refractivity contribution in [1.29, 1.82) is 0 Å².